The summed E-state index contributed by atoms with van der Waals surface area (Å²) in [5.74, 6) is 0. The van der Waals surface area contributed by atoms with Crippen molar-refractivity contribution >= 4 is 6.40 Å². The van der Waals surface area contributed by atoms with Crippen LogP contribution >= 0.6 is 0 Å². The smallest absolute Gasteiger partial charge is 0.170 e. The zero-order valence-electron chi connectivity index (χ0n) is 6.97. The topological polar surface area (TPSA) is 21.6 Å². The molecular formula is C10H11NO. The molecule has 0 aliphatic carbocycles. The Hall–Kier alpha value is -1.31. The quantitative estimate of drug-likeness (QED) is 0.618. The Morgan fingerprint density at radius 3 is 2.58 bits per heavy atom. The Bertz CT molecular complexity index is 281. The van der Waals surface area contributed by atoms with E-state index in [2.05, 4.69) is 24.0 Å². The predicted octanol–water partition coefficient (Wildman–Crippen LogP) is 2.17. The largest absolute Gasteiger partial charge is 0.473 e. The van der Waals surface area contributed by atoms with Crippen LogP contribution in [0.5, 0.6) is 0 Å². The first kappa shape index (κ1) is 7.35. The molecule has 1 aliphatic heterocycles. The monoisotopic (exact) mass is 161 g/mol. The fourth-order valence-electron chi connectivity index (χ4n) is 1.39. The molecule has 0 unspecified atom stereocenters. The summed E-state index contributed by atoms with van der Waals surface area (Å²) in [5.41, 5.74) is 1.20. The Morgan fingerprint density at radius 1 is 1.25 bits per heavy atom. The van der Waals surface area contributed by atoms with E-state index in [9.17, 15) is 0 Å². The second-order valence-corrected chi connectivity index (χ2v) is 2.96. The van der Waals surface area contributed by atoms with Crippen LogP contribution in [-0.2, 0) is 4.74 Å². The maximum Gasteiger partial charge on any atom is 0.170 e. The molecular weight excluding hydrogens is 150 g/mol. The molecule has 1 aromatic rings. The van der Waals surface area contributed by atoms with Crippen molar-refractivity contribution in [3.63, 3.8) is 0 Å². The van der Waals surface area contributed by atoms with E-state index in [1.165, 1.54) is 5.56 Å². The molecule has 0 amide bonds. The highest BCUT2D eigenvalue weighted by Gasteiger charge is 2.22. The molecule has 0 saturated carbocycles. The summed E-state index contributed by atoms with van der Waals surface area (Å²) in [5, 5.41) is 0. The average molecular weight is 161 g/mol. The lowest BCUT2D eigenvalue weighted by atomic mass is 10.0. The third-order valence-electron chi connectivity index (χ3n) is 2.07. The molecule has 1 heterocycles. The molecule has 0 N–H and O–H groups in total. The van der Waals surface area contributed by atoms with Crippen molar-refractivity contribution in [2.75, 3.05) is 0 Å². The van der Waals surface area contributed by atoms with Gasteiger partial charge in [-0.2, -0.15) is 0 Å². The first-order chi connectivity index (χ1) is 5.88. The number of nitrogens with zero attached hydrogens (tertiary/aromatic N) is 1. The lowest BCUT2D eigenvalue weighted by Crippen LogP contribution is -2.08. The Labute approximate surface area is 71.9 Å². The number of rotatable bonds is 1. The Balaban J connectivity index is 2.22. The summed E-state index contributed by atoms with van der Waals surface area (Å²) in [6.45, 7) is 2.06. The third kappa shape index (κ3) is 1.20. The minimum absolute atomic E-state index is 0.117. The molecule has 2 rings (SSSR count). The number of ether oxygens (including phenoxy) is 1. The normalized spacial score (nSPS) is 27.1. The van der Waals surface area contributed by atoms with Crippen LogP contribution in [0.25, 0.3) is 0 Å². The SMILES string of the molecule is C[C@H]1N=CO[C@H]1c1ccccc1. The van der Waals surface area contributed by atoms with Crippen LogP contribution in [0.1, 0.15) is 18.6 Å². The third-order valence-corrected chi connectivity index (χ3v) is 2.07. The number of hydrogen-bond acceptors (Lipinski definition) is 2. The van der Waals surface area contributed by atoms with Crippen LogP contribution < -0.4 is 0 Å². The Morgan fingerprint density at radius 2 is 2.00 bits per heavy atom. The molecule has 0 saturated heterocycles. The molecule has 0 radical (unpaired) electrons. The summed E-state index contributed by atoms with van der Waals surface area (Å²) >= 11 is 0. The molecule has 1 aromatic carbocycles. The lowest BCUT2D eigenvalue weighted by Gasteiger charge is -2.13. The molecule has 0 bridgehead atoms. The van der Waals surface area contributed by atoms with Gasteiger partial charge in [0.05, 0.1) is 6.04 Å². The van der Waals surface area contributed by atoms with Crippen molar-refractivity contribution in [2.24, 2.45) is 4.99 Å². The molecule has 62 valence electrons. The van der Waals surface area contributed by atoms with Crippen LogP contribution in [0, 0.1) is 0 Å². The first-order valence-electron chi connectivity index (χ1n) is 4.10. The predicted molar refractivity (Wildman–Crippen MR) is 48.2 cm³/mol. The highest BCUT2D eigenvalue weighted by molar-refractivity contribution is 5.50. The van der Waals surface area contributed by atoms with Crippen LogP contribution in [0.3, 0.4) is 0 Å². The standard InChI is InChI=1S/C10H11NO/c1-8-10(12-7-11-8)9-5-3-2-4-6-9/h2-8,10H,1H3/t8-,10-/m1/s1. The maximum atomic E-state index is 5.36. The van der Waals surface area contributed by atoms with E-state index in [4.69, 9.17) is 4.74 Å². The fourth-order valence-corrected chi connectivity index (χ4v) is 1.39. The van der Waals surface area contributed by atoms with Crippen molar-refractivity contribution in [1.82, 2.24) is 0 Å². The van der Waals surface area contributed by atoms with Crippen LogP contribution in [0.4, 0.5) is 0 Å². The van der Waals surface area contributed by atoms with Gasteiger partial charge in [0.15, 0.2) is 6.40 Å². The highest BCUT2D eigenvalue weighted by atomic mass is 16.5. The van der Waals surface area contributed by atoms with Crippen molar-refractivity contribution < 1.29 is 4.74 Å². The number of benzene rings is 1. The Kier molecular flexibility index (Phi) is 1.82. The van der Waals surface area contributed by atoms with E-state index in [1.807, 2.05) is 18.2 Å². The molecule has 12 heavy (non-hydrogen) atoms. The summed E-state index contributed by atoms with van der Waals surface area (Å²) in [7, 11) is 0. The average Bonchev–Trinajstić information content (AvgIpc) is 2.53. The van der Waals surface area contributed by atoms with Gasteiger partial charge in [0.25, 0.3) is 0 Å². The molecule has 0 spiro atoms. The van der Waals surface area contributed by atoms with E-state index >= 15 is 0 Å². The second-order valence-electron chi connectivity index (χ2n) is 2.96. The van der Waals surface area contributed by atoms with Crippen LogP contribution in [-0.4, -0.2) is 12.4 Å². The molecule has 2 atom stereocenters. The van der Waals surface area contributed by atoms with Gasteiger partial charge in [-0.3, -0.25) is 4.99 Å². The molecule has 1 aliphatic rings. The van der Waals surface area contributed by atoms with E-state index < -0.39 is 0 Å². The van der Waals surface area contributed by atoms with Gasteiger partial charge in [-0.1, -0.05) is 30.3 Å². The van der Waals surface area contributed by atoms with E-state index in [1.54, 1.807) is 6.40 Å². The van der Waals surface area contributed by atoms with Gasteiger partial charge in [-0.05, 0) is 12.5 Å². The molecule has 2 heteroatoms. The zero-order chi connectivity index (χ0) is 8.39. The van der Waals surface area contributed by atoms with Gasteiger partial charge in [0.2, 0.25) is 0 Å². The summed E-state index contributed by atoms with van der Waals surface area (Å²) in [6.07, 6.45) is 1.66. The van der Waals surface area contributed by atoms with Gasteiger partial charge in [0.1, 0.15) is 6.10 Å². The molecule has 2 nitrogen and oxygen atoms in total. The number of hydrogen-bond donors (Lipinski definition) is 0. The minimum Gasteiger partial charge on any atom is -0.473 e. The number of aliphatic imine (C=N–C) groups is 1. The zero-order valence-corrected chi connectivity index (χ0v) is 6.97. The van der Waals surface area contributed by atoms with E-state index in [0.717, 1.165) is 0 Å². The minimum atomic E-state index is 0.117. The summed E-state index contributed by atoms with van der Waals surface area (Å²) < 4.78 is 5.36. The van der Waals surface area contributed by atoms with Crippen molar-refractivity contribution in [2.45, 2.75) is 19.1 Å². The van der Waals surface area contributed by atoms with Crippen molar-refractivity contribution in [3.05, 3.63) is 35.9 Å². The summed E-state index contributed by atoms with van der Waals surface area (Å²) in [4.78, 5) is 4.15. The highest BCUT2D eigenvalue weighted by Crippen LogP contribution is 2.25. The van der Waals surface area contributed by atoms with Gasteiger partial charge in [0, 0.05) is 0 Å². The maximum absolute atomic E-state index is 5.36. The second kappa shape index (κ2) is 2.97. The lowest BCUT2D eigenvalue weighted by molar-refractivity contribution is 0.210. The van der Waals surface area contributed by atoms with Gasteiger partial charge in [-0.25, -0.2) is 0 Å². The fraction of sp³-hybridized carbons (Fsp3) is 0.300. The van der Waals surface area contributed by atoms with Crippen molar-refractivity contribution in [1.29, 1.82) is 0 Å². The summed E-state index contributed by atoms with van der Waals surface area (Å²) in [6, 6.07) is 10.4. The molecule has 0 fully saturated rings. The first-order valence-corrected chi connectivity index (χ1v) is 4.10. The van der Waals surface area contributed by atoms with E-state index in [-0.39, 0.29) is 12.1 Å². The van der Waals surface area contributed by atoms with Gasteiger partial charge in [-0.15, -0.1) is 0 Å². The van der Waals surface area contributed by atoms with Crippen LogP contribution in [0.2, 0.25) is 0 Å². The van der Waals surface area contributed by atoms with Crippen molar-refractivity contribution in [3.8, 4) is 0 Å². The van der Waals surface area contributed by atoms with Crippen LogP contribution in [0.15, 0.2) is 35.3 Å². The van der Waals surface area contributed by atoms with Gasteiger partial charge < -0.3 is 4.74 Å². The van der Waals surface area contributed by atoms with E-state index in [0.29, 0.717) is 0 Å². The molecule has 0 aromatic heterocycles. The van der Waals surface area contributed by atoms with Gasteiger partial charge >= 0.3 is 0 Å².